The van der Waals surface area contributed by atoms with E-state index in [2.05, 4.69) is 35.1 Å². The lowest BCUT2D eigenvalue weighted by atomic mass is 9.82. The predicted molar refractivity (Wildman–Crippen MR) is 125 cm³/mol. The van der Waals surface area contributed by atoms with Gasteiger partial charge in [-0.1, -0.05) is 12.6 Å². The number of pyridine rings is 1. The van der Waals surface area contributed by atoms with Crippen LogP contribution in [0.1, 0.15) is 47.2 Å². The number of aromatic carboxylic acids is 1. The van der Waals surface area contributed by atoms with Crippen LogP contribution in [-0.2, 0) is 6.42 Å². The minimum absolute atomic E-state index is 0.204. The Labute approximate surface area is 183 Å². The van der Waals surface area contributed by atoms with Crippen molar-refractivity contribution in [1.29, 1.82) is 0 Å². The number of rotatable bonds is 8. The molecule has 31 heavy (non-hydrogen) atoms. The van der Waals surface area contributed by atoms with Crippen molar-refractivity contribution in [3.8, 4) is 0 Å². The maximum Gasteiger partial charge on any atom is 0.337 e. The first-order valence-electron chi connectivity index (χ1n) is 10.4. The molecule has 1 aromatic carbocycles. The second-order valence-electron chi connectivity index (χ2n) is 7.68. The average molecular weight is 420 g/mol. The average Bonchev–Trinajstić information content (AvgIpc) is 2.80. The molecule has 162 valence electrons. The number of hydrogen-bond acceptors (Lipinski definition) is 5. The number of anilines is 2. The number of aliphatic hydroxyl groups is 1. The molecular weight excluding hydrogens is 390 g/mol. The van der Waals surface area contributed by atoms with Crippen LogP contribution in [-0.4, -0.2) is 34.8 Å². The molecule has 0 aliphatic heterocycles. The molecular formula is C25H29N3O3. The number of aryl methyl sites for hydroxylation is 1. The summed E-state index contributed by atoms with van der Waals surface area (Å²) in [7, 11) is 1.96. The molecule has 0 radical (unpaired) electrons. The van der Waals surface area contributed by atoms with E-state index in [-0.39, 0.29) is 11.3 Å². The van der Waals surface area contributed by atoms with E-state index in [1.165, 1.54) is 23.4 Å². The number of carboxylic acids is 1. The molecule has 3 rings (SSSR count). The maximum absolute atomic E-state index is 11.4. The van der Waals surface area contributed by atoms with Crippen molar-refractivity contribution >= 4 is 17.3 Å². The number of carbonyl (C=O) groups is 1. The number of aliphatic hydroxyl groups excluding tert-OH is 1. The molecule has 0 bridgehead atoms. The number of aromatic nitrogens is 1. The molecule has 3 N–H and O–H groups in total. The van der Waals surface area contributed by atoms with Gasteiger partial charge in [0, 0.05) is 37.1 Å². The van der Waals surface area contributed by atoms with Gasteiger partial charge in [0.1, 0.15) is 5.76 Å². The van der Waals surface area contributed by atoms with E-state index in [0.717, 1.165) is 30.6 Å². The summed E-state index contributed by atoms with van der Waals surface area (Å²) < 4.78 is 0. The molecule has 6 heteroatoms. The van der Waals surface area contributed by atoms with Crippen molar-refractivity contribution in [2.24, 2.45) is 0 Å². The summed E-state index contributed by atoms with van der Waals surface area (Å²) in [5.74, 6) is -0.451. The number of allylic oxidation sites excluding steroid dienone is 3. The van der Waals surface area contributed by atoms with Crippen LogP contribution < -0.4 is 10.2 Å². The molecule has 6 nitrogen and oxygen atoms in total. The third kappa shape index (κ3) is 5.34. The molecule has 0 unspecified atom stereocenters. The zero-order chi connectivity index (χ0) is 22.4. The Balaban J connectivity index is 1.74. The van der Waals surface area contributed by atoms with Gasteiger partial charge < -0.3 is 20.4 Å². The quantitative estimate of drug-likeness (QED) is 0.399. The SMILES string of the molecule is C=C(/C=C\C(O)=C/C)N(C)c1ccc2c(c1)CCC[C@H]2CNc1cnccc1C(=O)O. The van der Waals surface area contributed by atoms with Crippen LogP contribution in [0.4, 0.5) is 11.4 Å². The molecule has 1 aliphatic rings. The molecule has 0 saturated carbocycles. The van der Waals surface area contributed by atoms with E-state index in [4.69, 9.17) is 0 Å². The second kappa shape index (κ2) is 9.98. The molecule has 1 aliphatic carbocycles. The first kappa shape index (κ1) is 22.2. The molecule has 0 spiro atoms. The Hall–Kier alpha value is -3.54. The van der Waals surface area contributed by atoms with Crippen LogP contribution in [0.5, 0.6) is 0 Å². The summed E-state index contributed by atoms with van der Waals surface area (Å²) in [6, 6.07) is 7.95. The topological polar surface area (TPSA) is 85.7 Å². The third-order valence-corrected chi connectivity index (χ3v) is 5.72. The van der Waals surface area contributed by atoms with Crippen LogP contribution in [0.15, 0.2) is 72.9 Å². The van der Waals surface area contributed by atoms with Crippen molar-refractivity contribution in [2.75, 3.05) is 23.8 Å². The highest BCUT2D eigenvalue weighted by molar-refractivity contribution is 5.93. The normalized spacial score (nSPS) is 16.1. The van der Waals surface area contributed by atoms with Gasteiger partial charge in [-0.2, -0.15) is 0 Å². The molecule has 0 saturated heterocycles. The fourth-order valence-corrected chi connectivity index (χ4v) is 3.83. The highest BCUT2D eigenvalue weighted by Crippen LogP contribution is 2.35. The predicted octanol–water partition coefficient (Wildman–Crippen LogP) is 5.28. The fraction of sp³-hybridized carbons (Fsp3) is 0.280. The minimum atomic E-state index is -0.960. The summed E-state index contributed by atoms with van der Waals surface area (Å²) in [4.78, 5) is 17.5. The largest absolute Gasteiger partial charge is 0.508 e. The summed E-state index contributed by atoms with van der Waals surface area (Å²) >= 11 is 0. The monoisotopic (exact) mass is 419 g/mol. The van der Waals surface area contributed by atoms with Gasteiger partial charge in [0.15, 0.2) is 0 Å². The van der Waals surface area contributed by atoms with Crippen LogP contribution in [0.3, 0.4) is 0 Å². The molecule has 1 heterocycles. The van der Waals surface area contributed by atoms with E-state index < -0.39 is 5.97 Å². The number of hydrogen-bond donors (Lipinski definition) is 3. The van der Waals surface area contributed by atoms with Gasteiger partial charge in [0.25, 0.3) is 0 Å². The van der Waals surface area contributed by atoms with Crippen molar-refractivity contribution in [3.63, 3.8) is 0 Å². The molecule has 1 aromatic heterocycles. The summed E-state index contributed by atoms with van der Waals surface area (Å²) in [5, 5.41) is 22.3. The van der Waals surface area contributed by atoms with Crippen LogP contribution in [0.2, 0.25) is 0 Å². The summed E-state index contributed by atoms with van der Waals surface area (Å²) in [6.07, 6.45) is 11.3. The van der Waals surface area contributed by atoms with Crippen LogP contribution >= 0.6 is 0 Å². The molecule has 0 fully saturated rings. The van der Waals surface area contributed by atoms with Gasteiger partial charge in [-0.15, -0.1) is 0 Å². The van der Waals surface area contributed by atoms with Gasteiger partial charge in [0.2, 0.25) is 0 Å². The number of nitrogens with one attached hydrogen (secondary N) is 1. The number of likely N-dealkylation sites (N-methyl/N-ethyl adjacent to an activating group) is 1. The lowest BCUT2D eigenvalue weighted by Crippen LogP contribution is -2.20. The van der Waals surface area contributed by atoms with E-state index in [1.54, 1.807) is 31.3 Å². The van der Waals surface area contributed by atoms with Gasteiger partial charge in [0.05, 0.1) is 17.4 Å². The highest BCUT2D eigenvalue weighted by Gasteiger charge is 2.22. The zero-order valence-electron chi connectivity index (χ0n) is 18.0. The summed E-state index contributed by atoms with van der Waals surface area (Å²) in [6.45, 7) is 6.52. The number of fused-ring (bicyclic) bond motifs is 1. The first-order chi connectivity index (χ1) is 14.9. The van der Waals surface area contributed by atoms with E-state index in [9.17, 15) is 15.0 Å². The summed E-state index contributed by atoms with van der Waals surface area (Å²) in [5.41, 5.74) is 5.21. The van der Waals surface area contributed by atoms with Crippen molar-refractivity contribution in [3.05, 3.63) is 89.6 Å². The smallest absolute Gasteiger partial charge is 0.337 e. The second-order valence-corrected chi connectivity index (χ2v) is 7.68. The number of benzene rings is 1. The van der Waals surface area contributed by atoms with Crippen molar-refractivity contribution in [2.45, 2.75) is 32.1 Å². The Bertz CT molecular complexity index is 1030. The first-order valence-corrected chi connectivity index (χ1v) is 10.4. The zero-order valence-corrected chi connectivity index (χ0v) is 18.0. The van der Waals surface area contributed by atoms with Gasteiger partial charge in [-0.3, -0.25) is 4.98 Å². The number of nitrogens with zero attached hydrogens (tertiary/aromatic N) is 2. The minimum Gasteiger partial charge on any atom is -0.508 e. The van der Waals surface area contributed by atoms with E-state index in [0.29, 0.717) is 18.2 Å². The van der Waals surface area contributed by atoms with Gasteiger partial charge in [-0.25, -0.2) is 4.79 Å². The van der Waals surface area contributed by atoms with Crippen LogP contribution in [0, 0.1) is 0 Å². The van der Waals surface area contributed by atoms with Crippen molar-refractivity contribution in [1.82, 2.24) is 4.98 Å². The molecule has 2 aromatic rings. The Morgan fingerprint density at radius 2 is 2.13 bits per heavy atom. The highest BCUT2D eigenvalue weighted by atomic mass is 16.4. The Morgan fingerprint density at radius 3 is 2.87 bits per heavy atom. The third-order valence-electron chi connectivity index (χ3n) is 5.72. The lowest BCUT2D eigenvalue weighted by Gasteiger charge is -2.28. The standard InChI is InChI=1S/C25H29N3O3/c1-4-21(29)10-8-17(2)28(3)20-9-11-22-18(14-20)6-5-7-19(22)15-27-24-16-26-13-12-23(24)25(30)31/h4,8-14,16,19,27,29H,2,5-7,15H2,1,3H3,(H,30,31)/b10-8-,21-4+/t19-/m0/s1. The molecule has 1 atom stereocenters. The van der Waals surface area contributed by atoms with E-state index in [1.807, 2.05) is 11.9 Å². The Morgan fingerprint density at radius 1 is 1.32 bits per heavy atom. The van der Waals surface area contributed by atoms with Gasteiger partial charge >= 0.3 is 5.97 Å². The van der Waals surface area contributed by atoms with Gasteiger partial charge in [-0.05, 0) is 73.7 Å². The molecule has 0 amide bonds. The maximum atomic E-state index is 11.4. The number of carboxylic acid groups (broad SMARTS) is 1. The van der Waals surface area contributed by atoms with Crippen molar-refractivity contribution < 1.29 is 15.0 Å². The Kier molecular flexibility index (Phi) is 7.13. The fourth-order valence-electron chi connectivity index (χ4n) is 3.83. The lowest BCUT2D eigenvalue weighted by molar-refractivity contribution is 0.0697. The van der Waals surface area contributed by atoms with Crippen LogP contribution in [0.25, 0.3) is 0 Å². The van der Waals surface area contributed by atoms with E-state index >= 15 is 0 Å².